The van der Waals surface area contributed by atoms with Gasteiger partial charge in [0.25, 0.3) is 5.99 Å². The van der Waals surface area contributed by atoms with Gasteiger partial charge in [-0.05, 0) is 84.8 Å². The normalized spacial score (nSPS) is 12.8. The van der Waals surface area contributed by atoms with Gasteiger partial charge >= 0.3 is 0 Å². The zero-order chi connectivity index (χ0) is 38.9. The second kappa shape index (κ2) is 13.7. The third-order valence-electron chi connectivity index (χ3n) is 12.4. The van der Waals surface area contributed by atoms with Crippen LogP contribution in [0.5, 0.6) is 11.5 Å². The Morgan fingerprint density at radius 2 is 0.966 bits per heavy atom. The molecule has 0 spiro atoms. The molecule has 59 heavy (non-hydrogen) atoms. The van der Waals surface area contributed by atoms with Gasteiger partial charge in [-0.1, -0.05) is 182 Å². The number of nitrogens with zero attached hydrogens (tertiary/aromatic N) is 1. The van der Waals surface area contributed by atoms with Crippen molar-refractivity contribution < 1.29 is 4.74 Å². The van der Waals surface area contributed by atoms with Gasteiger partial charge in [-0.25, -0.2) is 0 Å². The van der Waals surface area contributed by atoms with E-state index in [1.807, 2.05) is 11.6 Å². The summed E-state index contributed by atoms with van der Waals surface area (Å²) in [6, 6.07) is 80.6. The van der Waals surface area contributed by atoms with Crippen LogP contribution in [0.15, 0.2) is 223 Å². The molecular weight excluding hydrogens is 750 g/mol. The van der Waals surface area contributed by atoms with E-state index in [-0.39, 0.29) is 5.99 Å². The SMILES string of the molecule is c1ccc([Si](c2ccccc2)(c2ccccc2)c2cc3c4c(c2)-c2ccccc2SB4c2cc(-c4ccccc4-n4c5ccccc5c5ccccc54)ccc2O3)cc1. The smallest absolute Gasteiger partial charge is 0.289 e. The molecule has 0 radical (unpaired) electrons. The predicted molar refractivity (Wildman–Crippen MR) is 253 cm³/mol. The first-order valence-corrected chi connectivity index (χ1v) is 23.2. The Balaban J connectivity index is 1.07. The number of fused-ring (bicyclic) bond motifs is 7. The lowest BCUT2D eigenvalue weighted by molar-refractivity contribution is 0.488. The lowest BCUT2D eigenvalue weighted by atomic mass is 9.57. The number of hydrogen-bond acceptors (Lipinski definition) is 2. The maximum Gasteiger partial charge on any atom is 0.289 e. The largest absolute Gasteiger partial charge is 0.458 e. The lowest BCUT2D eigenvalue weighted by Crippen LogP contribution is -2.75. The van der Waals surface area contributed by atoms with Crippen LogP contribution in [0.3, 0.4) is 0 Å². The summed E-state index contributed by atoms with van der Waals surface area (Å²) in [5.41, 5.74) is 10.9. The molecule has 0 atom stereocenters. The van der Waals surface area contributed by atoms with Crippen LogP contribution in [0.2, 0.25) is 0 Å². The third kappa shape index (κ3) is 5.22. The standard InChI is InChI=1S/C54H36BNOSSi/c1-4-18-38(19-5-1)59(39-20-6-2-7-21-39,40-22-8-3-9-23-40)41-35-46-45-27-13-17-31-53(45)58-55-47-34-37(32-33-51(47)57-52(36-41)54(46)55)42-24-10-14-28-48(42)56-49-29-15-11-25-43(49)44-26-12-16-30-50(44)56/h1-36H. The number of ether oxygens (including phenoxy) is 1. The van der Waals surface area contributed by atoms with Gasteiger partial charge in [0, 0.05) is 21.2 Å². The van der Waals surface area contributed by atoms with Crippen molar-refractivity contribution in [2.75, 3.05) is 0 Å². The first-order valence-electron chi connectivity index (χ1n) is 20.3. The van der Waals surface area contributed by atoms with Gasteiger partial charge in [0.15, 0.2) is 8.07 Å². The van der Waals surface area contributed by atoms with Crippen molar-refractivity contribution in [1.29, 1.82) is 0 Å². The Labute approximate surface area is 349 Å². The highest BCUT2D eigenvalue weighted by Crippen LogP contribution is 2.44. The second-order valence-electron chi connectivity index (χ2n) is 15.5. The molecule has 2 aliphatic heterocycles. The van der Waals surface area contributed by atoms with Gasteiger partial charge in [-0.3, -0.25) is 0 Å². The van der Waals surface area contributed by atoms with Crippen LogP contribution in [0, 0.1) is 0 Å². The topological polar surface area (TPSA) is 14.2 Å². The van der Waals surface area contributed by atoms with E-state index in [4.69, 9.17) is 4.74 Å². The predicted octanol–water partition coefficient (Wildman–Crippen LogP) is 9.81. The number of benzene rings is 9. The van der Waals surface area contributed by atoms with Crippen LogP contribution in [0.1, 0.15) is 0 Å². The van der Waals surface area contributed by atoms with Gasteiger partial charge in [0.2, 0.25) is 0 Å². The van der Waals surface area contributed by atoms with E-state index in [2.05, 4.69) is 223 Å². The highest BCUT2D eigenvalue weighted by atomic mass is 32.2. The summed E-state index contributed by atoms with van der Waals surface area (Å²) in [4.78, 5) is 1.29. The highest BCUT2D eigenvalue weighted by molar-refractivity contribution is 8.28. The molecule has 9 aromatic carbocycles. The molecule has 0 unspecified atom stereocenters. The van der Waals surface area contributed by atoms with E-state index < -0.39 is 8.07 Å². The number of hydrogen-bond donors (Lipinski definition) is 0. The molecule has 0 bridgehead atoms. The Bertz CT molecular complexity index is 3090. The number of rotatable bonds is 6. The third-order valence-corrected chi connectivity index (χ3v) is 18.5. The van der Waals surface area contributed by atoms with Crippen LogP contribution >= 0.6 is 11.6 Å². The highest BCUT2D eigenvalue weighted by Gasteiger charge is 2.45. The fraction of sp³-hybridized carbons (Fsp3) is 0. The first-order chi connectivity index (χ1) is 29.3. The molecular formula is C54H36BNOSSi. The van der Waals surface area contributed by atoms with Crippen molar-refractivity contribution >= 4 is 79.2 Å². The van der Waals surface area contributed by atoms with Crippen molar-refractivity contribution in [3.8, 4) is 39.4 Å². The van der Waals surface area contributed by atoms with Gasteiger partial charge in [-0.2, -0.15) is 11.6 Å². The van der Waals surface area contributed by atoms with Crippen molar-refractivity contribution in [2.24, 2.45) is 0 Å². The van der Waals surface area contributed by atoms with Crippen LogP contribution < -0.4 is 36.4 Å². The van der Waals surface area contributed by atoms with Crippen molar-refractivity contribution in [2.45, 2.75) is 4.90 Å². The summed E-state index contributed by atoms with van der Waals surface area (Å²) < 4.78 is 9.62. The minimum atomic E-state index is -2.83. The van der Waals surface area contributed by atoms with Crippen molar-refractivity contribution in [3.63, 3.8) is 0 Å². The molecule has 0 saturated heterocycles. The van der Waals surface area contributed by atoms with E-state index in [9.17, 15) is 0 Å². The molecule has 3 heterocycles. The van der Waals surface area contributed by atoms with Gasteiger partial charge in [0.1, 0.15) is 11.5 Å². The Hall–Kier alpha value is -6.79. The van der Waals surface area contributed by atoms with Gasteiger partial charge in [0.05, 0.1) is 16.7 Å². The summed E-state index contributed by atoms with van der Waals surface area (Å²) in [6.07, 6.45) is 0. The van der Waals surface area contributed by atoms with Crippen LogP contribution in [0.25, 0.3) is 49.7 Å². The molecule has 1 aromatic heterocycles. The molecule has 276 valence electrons. The van der Waals surface area contributed by atoms with E-state index in [1.54, 1.807) is 0 Å². The van der Waals surface area contributed by atoms with E-state index >= 15 is 0 Å². The van der Waals surface area contributed by atoms with Crippen molar-refractivity contribution in [3.05, 3.63) is 218 Å². The monoisotopic (exact) mass is 785 g/mol. The number of aromatic nitrogens is 1. The molecule has 5 heteroatoms. The maximum absolute atomic E-state index is 7.20. The molecule has 0 saturated carbocycles. The molecule has 0 fully saturated rings. The molecule has 0 aliphatic carbocycles. The fourth-order valence-corrected chi connectivity index (χ4v) is 16.1. The minimum absolute atomic E-state index is 0.0642. The average molecular weight is 786 g/mol. The van der Waals surface area contributed by atoms with Gasteiger partial charge < -0.3 is 9.30 Å². The van der Waals surface area contributed by atoms with Crippen molar-refractivity contribution in [1.82, 2.24) is 4.57 Å². The van der Waals surface area contributed by atoms with Crippen LogP contribution in [-0.4, -0.2) is 18.6 Å². The summed E-state index contributed by atoms with van der Waals surface area (Å²) >= 11 is 1.95. The molecule has 0 N–H and O–H groups in total. The summed E-state index contributed by atoms with van der Waals surface area (Å²) in [7, 11) is -2.83. The molecule has 2 aliphatic rings. The second-order valence-corrected chi connectivity index (χ2v) is 20.5. The lowest BCUT2D eigenvalue weighted by Gasteiger charge is -2.38. The Morgan fingerprint density at radius 3 is 1.61 bits per heavy atom. The van der Waals surface area contributed by atoms with Gasteiger partial charge in [-0.15, -0.1) is 0 Å². The Kier molecular flexibility index (Phi) is 7.94. The zero-order valence-electron chi connectivity index (χ0n) is 32.1. The maximum atomic E-state index is 7.20. The summed E-state index contributed by atoms with van der Waals surface area (Å²) in [6.45, 7) is 0. The average Bonchev–Trinajstić information content (AvgIpc) is 3.64. The van der Waals surface area contributed by atoms with E-state index in [1.165, 1.54) is 80.6 Å². The zero-order valence-corrected chi connectivity index (χ0v) is 33.9. The summed E-state index contributed by atoms with van der Waals surface area (Å²) in [5.74, 6) is 1.94. The molecule has 10 aromatic rings. The van der Waals surface area contributed by atoms with Crippen LogP contribution in [-0.2, 0) is 0 Å². The first kappa shape index (κ1) is 34.3. The number of para-hydroxylation sites is 3. The minimum Gasteiger partial charge on any atom is -0.458 e. The fourth-order valence-electron chi connectivity index (χ4n) is 9.91. The molecule has 2 nitrogen and oxygen atoms in total. The summed E-state index contributed by atoms with van der Waals surface area (Å²) in [5, 5.41) is 7.88. The quantitative estimate of drug-likeness (QED) is 0.123. The molecule has 12 rings (SSSR count). The van der Waals surface area contributed by atoms with Crippen LogP contribution in [0.4, 0.5) is 0 Å². The Morgan fingerprint density at radius 1 is 0.424 bits per heavy atom. The van der Waals surface area contributed by atoms with E-state index in [0.717, 1.165) is 17.2 Å². The van der Waals surface area contributed by atoms with E-state index in [0.29, 0.717) is 0 Å². The molecule has 0 amide bonds.